The van der Waals surface area contributed by atoms with Gasteiger partial charge in [-0.05, 0) is 29.8 Å². The Morgan fingerprint density at radius 3 is 2.40 bits per heavy atom. The maximum absolute atomic E-state index is 13.2. The van der Waals surface area contributed by atoms with Crippen LogP contribution in [0.4, 0.5) is 4.39 Å². The van der Waals surface area contributed by atoms with Gasteiger partial charge >= 0.3 is 0 Å². The molecule has 0 atom stereocenters. The number of hydrogen-bond acceptors (Lipinski definition) is 4. The van der Waals surface area contributed by atoms with Crippen LogP contribution in [0, 0.1) is 5.82 Å². The lowest BCUT2D eigenvalue weighted by Gasteiger charge is -2.14. The number of halogens is 1. The standard InChI is InChI=1S/C19H17FN2O2S/c1-12(2)25-17-16(13-6-8-14(20)9-7-13)18(23)22(19(17)24)11-15-5-3-4-10-21-15/h3-10,12H,11H2,1-2H3. The van der Waals surface area contributed by atoms with Crippen molar-refractivity contribution in [3.05, 3.63) is 70.6 Å². The highest BCUT2D eigenvalue weighted by molar-refractivity contribution is 8.04. The van der Waals surface area contributed by atoms with Crippen LogP contribution in [0.3, 0.4) is 0 Å². The molecule has 0 bridgehead atoms. The first-order chi connectivity index (χ1) is 12.0. The molecular formula is C19H17FN2O2S. The molecule has 0 saturated carbocycles. The Labute approximate surface area is 149 Å². The van der Waals surface area contributed by atoms with Crippen molar-refractivity contribution in [2.45, 2.75) is 25.6 Å². The van der Waals surface area contributed by atoms with E-state index in [9.17, 15) is 14.0 Å². The molecule has 2 heterocycles. The molecule has 0 unspecified atom stereocenters. The lowest BCUT2D eigenvalue weighted by Crippen LogP contribution is -2.31. The summed E-state index contributed by atoms with van der Waals surface area (Å²) in [6.07, 6.45) is 1.62. The molecule has 25 heavy (non-hydrogen) atoms. The summed E-state index contributed by atoms with van der Waals surface area (Å²) in [5, 5.41) is 0.136. The molecule has 128 valence electrons. The van der Waals surface area contributed by atoms with Gasteiger partial charge < -0.3 is 0 Å². The van der Waals surface area contributed by atoms with Crippen LogP contribution < -0.4 is 0 Å². The van der Waals surface area contributed by atoms with Crippen LogP contribution in [0.2, 0.25) is 0 Å². The van der Waals surface area contributed by atoms with E-state index in [2.05, 4.69) is 4.98 Å². The molecule has 3 rings (SSSR count). The summed E-state index contributed by atoms with van der Waals surface area (Å²) in [7, 11) is 0. The van der Waals surface area contributed by atoms with Crippen LogP contribution in [0.15, 0.2) is 53.6 Å². The number of pyridine rings is 1. The van der Waals surface area contributed by atoms with E-state index < -0.39 is 0 Å². The maximum atomic E-state index is 13.2. The Morgan fingerprint density at radius 2 is 1.80 bits per heavy atom. The number of benzene rings is 1. The maximum Gasteiger partial charge on any atom is 0.268 e. The normalized spacial score (nSPS) is 14.8. The zero-order valence-corrected chi connectivity index (χ0v) is 14.7. The first kappa shape index (κ1) is 17.4. The molecule has 2 amide bonds. The third-order valence-electron chi connectivity index (χ3n) is 3.66. The lowest BCUT2D eigenvalue weighted by atomic mass is 10.1. The third kappa shape index (κ3) is 3.64. The summed E-state index contributed by atoms with van der Waals surface area (Å²) in [4.78, 5) is 31.5. The molecule has 4 nitrogen and oxygen atoms in total. The lowest BCUT2D eigenvalue weighted by molar-refractivity contribution is -0.137. The predicted molar refractivity (Wildman–Crippen MR) is 95.8 cm³/mol. The van der Waals surface area contributed by atoms with Crippen molar-refractivity contribution < 1.29 is 14.0 Å². The van der Waals surface area contributed by atoms with Crippen LogP contribution >= 0.6 is 11.8 Å². The fourth-order valence-electron chi connectivity index (χ4n) is 2.57. The summed E-state index contributed by atoms with van der Waals surface area (Å²) in [5.74, 6) is -1.08. The summed E-state index contributed by atoms with van der Waals surface area (Å²) >= 11 is 1.35. The first-order valence-electron chi connectivity index (χ1n) is 7.90. The number of rotatable bonds is 5. The molecule has 0 spiro atoms. The number of nitrogens with zero attached hydrogens (tertiary/aromatic N) is 2. The van der Waals surface area contributed by atoms with Gasteiger partial charge in [0.15, 0.2) is 0 Å². The van der Waals surface area contributed by atoms with Gasteiger partial charge in [-0.1, -0.05) is 32.0 Å². The molecule has 0 radical (unpaired) electrons. The van der Waals surface area contributed by atoms with Gasteiger partial charge in [-0.25, -0.2) is 4.39 Å². The molecule has 0 saturated heterocycles. The number of amides is 2. The molecule has 1 aliphatic rings. The number of thioether (sulfide) groups is 1. The summed E-state index contributed by atoms with van der Waals surface area (Å²) in [5.41, 5.74) is 1.52. The smallest absolute Gasteiger partial charge is 0.268 e. The molecule has 0 aliphatic carbocycles. The van der Waals surface area contributed by atoms with E-state index in [4.69, 9.17) is 0 Å². The Balaban J connectivity index is 1.99. The molecular weight excluding hydrogens is 339 g/mol. The van der Waals surface area contributed by atoms with Crippen molar-refractivity contribution in [3.8, 4) is 0 Å². The Hall–Kier alpha value is -2.47. The van der Waals surface area contributed by atoms with Crippen molar-refractivity contribution >= 4 is 29.1 Å². The van der Waals surface area contributed by atoms with Gasteiger partial charge in [0.1, 0.15) is 5.82 Å². The molecule has 2 aromatic rings. The number of carbonyl (C=O) groups excluding carboxylic acids is 2. The highest BCUT2D eigenvalue weighted by Gasteiger charge is 2.39. The fourth-order valence-corrected chi connectivity index (χ4v) is 3.57. The van der Waals surface area contributed by atoms with Crippen molar-refractivity contribution in [3.63, 3.8) is 0 Å². The van der Waals surface area contributed by atoms with Gasteiger partial charge in [-0.3, -0.25) is 19.5 Å². The highest BCUT2D eigenvalue weighted by atomic mass is 32.2. The van der Waals surface area contributed by atoms with Crippen LogP contribution in [0.1, 0.15) is 25.1 Å². The molecule has 1 aromatic carbocycles. The minimum absolute atomic E-state index is 0.116. The number of carbonyl (C=O) groups is 2. The molecule has 0 fully saturated rings. The van der Waals surface area contributed by atoms with Crippen LogP contribution in [-0.4, -0.2) is 26.9 Å². The Morgan fingerprint density at radius 1 is 1.08 bits per heavy atom. The second-order valence-corrected chi connectivity index (χ2v) is 7.48. The van der Waals surface area contributed by atoms with E-state index >= 15 is 0 Å². The summed E-state index contributed by atoms with van der Waals surface area (Å²) in [6, 6.07) is 11.0. The molecule has 6 heteroatoms. The number of hydrogen-bond donors (Lipinski definition) is 0. The van der Waals surface area contributed by atoms with Crippen molar-refractivity contribution in [2.75, 3.05) is 0 Å². The number of aromatic nitrogens is 1. The van der Waals surface area contributed by atoms with Crippen LogP contribution in [0.25, 0.3) is 5.57 Å². The summed E-state index contributed by atoms with van der Waals surface area (Å²) in [6.45, 7) is 4.03. The van der Waals surface area contributed by atoms with Gasteiger partial charge in [0.05, 0.1) is 22.7 Å². The number of imide groups is 1. The van der Waals surface area contributed by atoms with E-state index in [-0.39, 0.29) is 29.4 Å². The van der Waals surface area contributed by atoms with E-state index in [0.717, 1.165) is 0 Å². The minimum atomic E-state index is -0.385. The second-order valence-electron chi connectivity index (χ2n) is 5.90. The molecule has 1 aliphatic heterocycles. The van der Waals surface area contributed by atoms with Gasteiger partial charge in [-0.15, -0.1) is 11.8 Å². The van der Waals surface area contributed by atoms with Crippen molar-refractivity contribution in [1.82, 2.24) is 9.88 Å². The van der Waals surface area contributed by atoms with E-state index in [1.165, 1.54) is 40.9 Å². The van der Waals surface area contributed by atoms with Crippen LogP contribution in [0.5, 0.6) is 0 Å². The topological polar surface area (TPSA) is 50.3 Å². The minimum Gasteiger partial charge on any atom is -0.269 e. The zero-order valence-electron chi connectivity index (χ0n) is 13.9. The average molecular weight is 356 g/mol. The molecule has 0 N–H and O–H groups in total. The van der Waals surface area contributed by atoms with Crippen molar-refractivity contribution in [1.29, 1.82) is 0 Å². The third-order valence-corrected chi connectivity index (χ3v) is 4.74. The van der Waals surface area contributed by atoms with Gasteiger partial charge in [0.2, 0.25) is 0 Å². The SMILES string of the molecule is CC(C)SC1=C(c2ccc(F)cc2)C(=O)N(Cc2ccccn2)C1=O. The van der Waals surface area contributed by atoms with Gasteiger partial charge in [0.25, 0.3) is 11.8 Å². The van der Waals surface area contributed by atoms with Crippen LogP contribution in [-0.2, 0) is 16.1 Å². The van der Waals surface area contributed by atoms with Gasteiger partial charge in [-0.2, -0.15) is 0 Å². The Bertz CT molecular complexity index is 832. The predicted octanol–water partition coefficient (Wildman–Crippen LogP) is 3.64. The Kier molecular flexibility index (Phi) is 4.99. The quantitative estimate of drug-likeness (QED) is 0.768. The van der Waals surface area contributed by atoms with E-state index in [0.29, 0.717) is 21.7 Å². The van der Waals surface area contributed by atoms with E-state index in [1.54, 1.807) is 18.3 Å². The van der Waals surface area contributed by atoms with Gasteiger partial charge in [0, 0.05) is 11.4 Å². The second kappa shape index (κ2) is 7.19. The largest absolute Gasteiger partial charge is 0.269 e. The summed E-state index contributed by atoms with van der Waals surface area (Å²) < 4.78 is 13.2. The van der Waals surface area contributed by atoms with Crippen molar-refractivity contribution in [2.24, 2.45) is 0 Å². The average Bonchev–Trinajstić information content (AvgIpc) is 2.81. The zero-order chi connectivity index (χ0) is 18.0. The van der Waals surface area contributed by atoms with E-state index in [1.807, 2.05) is 19.9 Å². The highest BCUT2D eigenvalue weighted by Crippen LogP contribution is 2.38. The first-order valence-corrected chi connectivity index (χ1v) is 8.78. The monoisotopic (exact) mass is 356 g/mol. The fraction of sp³-hybridized carbons (Fsp3) is 0.211. The molecule has 1 aromatic heterocycles.